The Kier molecular flexibility index (Phi) is 6.75. The minimum absolute atomic E-state index is 0.0600. The predicted molar refractivity (Wildman–Crippen MR) is 126 cm³/mol. The number of imidazole rings is 1. The predicted octanol–water partition coefficient (Wildman–Crippen LogP) is 4.45. The molecule has 168 valence electrons. The number of para-hydroxylation sites is 2. The molecule has 7 heteroatoms. The Labute approximate surface area is 187 Å². The van der Waals surface area contributed by atoms with Gasteiger partial charge in [-0.3, -0.25) is 4.79 Å². The molecule has 0 bridgehead atoms. The number of methoxy groups -OCH3 is 1. The van der Waals surface area contributed by atoms with E-state index in [4.69, 9.17) is 14.5 Å². The first-order valence-electron chi connectivity index (χ1n) is 11.0. The second kappa shape index (κ2) is 9.87. The summed E-state index contributed by atoms with van der Waals surface area (Å²) in [6.45, 7) is 5.56. The number of hydrogen-bond donors (Lipinski definition) is 2. The molecule has 0 saturated carbocycles. The zero-order valence-electron chi connectivity index (χ0n) is 18.8. The number of carbonyl (C=O) groups is 1. The lowest BCUT2D eigenvalue weighted by molar-refractivity contribution is -0.124. The van der Waals surface area contributed by atoms with Crippen LogP contribution in [0.15, 0.2) is 54.7 Å². The summed E-state index contributed by atoms with van der Waals surface area (Å²) in [5, 5.41) is 4.10. The Morgan fingerprint density at radius 1 is 1.19 bits per heavy atom. The van der Waals surface area contributed by atoms with Crippen LogP contribution in [0.5, 0.6) is 5.75 Å². The number of benzene rings is 2. The first kappa shape index (κ1) is 21.9. The normalized spacial score (nSPS) is 13.3. The lowest BCUT2D eigenvalue weighted by Crippen LogP contribution is -2.36. The number of rotatable bonds is 10. The highest BCUT2D eigenvalue weighted by molar-refractivity contribution is 5.87. The summed E-state index contributed by atoms with van der Waals surface area (Å²) in [6.07, 6.45) is 2.92. The molecule has 1 amide bonds. The van der Waals surface area contributed by atoms with Crippen molar-refractivity contribution >= 4 is 27.8 Å². The minimum atomic E-state index is -0.214. The highest BCUT2D eigenvalue weighted by atomic mass is 16.5. The molecule has 0 saturated heterocycles. The smallest absolute Gasteiger partial charge is 0.258 e. The minimum Gasteiger partial charge on any atom is -0.483 e. The summed E-state index contributed by atoms with van der Waals surface area (Å²) < 4.78 is 13.2. The number of amides is 1. The molecule has 2 N–H and O–H groups in total. The van der Waals surface area contributed by atoms with Gasteiger partial charge in [0.15, 0.2) is 6.61 Å². The molecule has 2 heterocycles. The summed E-state index contributed by atoms with van der Waals surface area (Å²) in [6, 6.07) is 15.6. The molecule has 4 aromatic rings. The summed E-state index contributed by atoms with van der Waals surface area (Å²) in [4.78, 5) is 20.9. The topological polar surface area (TPSA) is 81.2 Å². The Bertz CT molecular complexity index is 1160. The monoisotopic (exact) mass is 434 g/mol. The maximum absolute atomic E-state index is 12.8. The van der Waals surface area contributed by atoms with Gasteiger partial charge in [0.1, 0.15) is 11.6 Å². The van der Waals surface area contributed by atoms with Crippen molar-refractivity contribution in [2.24, 2.45) is 5.92 Å². The van der Waals surface area contributed by atoms with E-state index in [9.17, 15) is 4.79 Å². The van der Waals surface area contributed by atoms with Crippen molar-refractivity contribution in [3.8, 4) is 5.75 Å². The fourth-order valence-corrected chi connectivity index (χ4v) is 3.90. The van der Waals surface area contributed by atoms with E-state index in [1.807, 2.05) is 54.7 Å². The lowest BCUT2D eigenvalue weighted by atomic mass is 9.98. The molecule has 0 unspecified atom stereocenters. The molecule has 4 rings (SSSR count). The zero-order valence-corrected chi connectivity index (χ0v) is 18.8. The Balaban J connectivity index is 1.46. The molecule has 2 aromatic carbocycles. The molecule has 0 aliphatic heterocycles. The van der Waals surface area contributed by atoms with Crippen molar-refractivity contribution in [3.63, 3.8) is 0 Å². The third-order valence-corrected chi connectivity index (χ3v) is 5.90. The van der Waals surface area contributed by atoms with Gasteiger partial charge in [-0.05, 0) is 36.2 Å². The quantitative estimate of drug-likeness (QED) is 0.386. The highest BCUT2D eigenvalue weighted by Gasteiger charge is 2.24. The zero-order chi connectivity index (χ0) is 22.5. The van der Waals surface area contributed by atoms with E-state index >= 15 is 0 Å². The van der Waals surface area contributed by atoms with E-state index in [2.05, 4.69) is 28.7 Å². The van der Waals surface area contributed by atoms with Crippen LogP contribution in [-0.2, 0) is 16.1 Å². The van der Waals surface area contributed by atoms with Gasteiger partial charge in [-0.2, -0.15) is 0 Å². The molecular formula is C25H30N4O3. The Morgan fingerprint density at radius 3 is 2.81 bits per heavy atom. The lowest BCUT2D eigenvalue weighted by Gasteiger charge is -2.22. The summed E-state index contributed by atoms with van der Waals surface area (Å²) in [5.74, 6) is 1.51. The standard InChI is InChI=1S/C25H30N4O3/c1-4-17(2)24(25-26-19-8-5-6-9-20(19)27-25)28-23(30)16-32-22-11-7-10-21-18(22)12-13-29(21)14-15-31-3/h5-13,17,24H,4,14-16H2,1-3H3,(H,26,27)(H,28,30)/t17-,24+/m1/s1. The maximum atomic E-state index is 12.8. The van der Waals surface area contributed by atoms with E-state index in [1.165, 1.54) is 0 Å². The van der Waals surface area contributed by atoms with Gasteiger partial charge in [-0.15, -0.1) is 0 Å². The highest BCUT2D eigenvalue weighted by Crippen LogP contribution is 2.27. The van der Waals surface area contributed by atoms with Gasteiger partial charge >= 0.3 is 0 Å². The summed E-state index contributed by atoms with van der Waals surface area (Å²) in [7, 11) is 1.69. The first-order valence-corrected chi connectivity index (χ1v) is 11.0. The van der Waals surface area contributed by atoms with Gasteiger partial charge in [-0.1, -0.05) is 38.5 Å². The SMILES string of the molecule is CC[C@@H](C)[C@H](NC(=O)COc1cccc2c1ccn2CCOC)c1nc2ccccc2[nH]1. The average molecular weight is 435 g/mol. The number of nitrogens with zero attached hydrogens (tertiary/aromatic N) is 2. The van der Waals surface area contributed by atoms with E-state index in [0.717, 1.165) is 40.7 Å². The van der Waals surface area contributed by atoms with Gasteiger partial charge in [0.2, 0.25) is 0 Å². The number of hydrogen-bond acceptors (Lipinski definition) is 4. The van der Waals surface area contributed by atoms with Gasteiger partial charge in [0.25, 0.3) is 5.91 Å². The van der Waals surface area contributed by atoms with Crippen LogP contribution < -0.4 is 10.1 Å². The van der Waals surface area contributed by atoms with Crippen molar-refractivity contribution in [1.82, 2.24) is 19.9 Å². The van der Waals surface area contributed by atoms with Gasteiger partial charge in [0, 0.05) is 25.2 Å². The Morgan fingerprint density at radius 2 is 2.03 bits per heavy atom. The molecule has 0 radical (unpaired) electrons. The van der Waals surface area contributed by atoms with E-state index in [-0.39, 0.29) is 24.5 Å². The largest absolute Gasteiger partial charge is 0.483 e. The Hall–Kier alpha value is -3.32. The number of carbonyl (C=O) groups excluding carboxylic acids is 1. The third kappa shape index (κ3) is 4.62. The van der Waals surface area contributed by atoms with E-state index < -0.39 is 0 Å². The summed E-state index contributed by atoms with van der Waals surface area (Å²) in [5.41, 5.74) is 2.91. The summed E-state index contributed by atoms with van der Waals surface area (Å²) >= 11 is 0. The molecule has 2 atom stereocenters. The second-order valence-corrected chi connectivity index (χ2v) is 8.05. The number of aromatic amines is 1. The van der Waals surface area contributed by atoms with Crippen LogP contribution in [0.4, 0.5) is 0 Å². The van der Waals surface area contributed by atoms with Crippen molar-refractivity contribution in [2.45, 2.75) is 32.9 Å². The van der Waals surface area contributed by atoms with Gasteiger partial charge in [0.05, 0.1) is 29.2 Å². The van der Waals surface area contributed by atoms with Crippen LogP contribution in [0, 0.1) is 5.92 Å². The van der Waals surface area contributed by atoms with Crippen LogP contribution >= 0.6 is 0 Å². The van der Waals surface area contributed by atoms with Gasteiger partial charge < -0.3 is 24.3 Å². The number of H-pyrrole nitrogens is 1. The number of nitrogens with one attached hydrogen (secondary N) is 2. The molecule has 7 nitrogen and oxygen atoms in total. The van der Waals surface area contributed by atoms with Crippen molar-refractivity contribution in [3.05, 3.63) is 60.6 Å². The fraction of sp³-hybridized carbons (Fsp3) is 0.360. The molecule has 0 fully saturated rings. The van der Waals surface area contributed by atoms with Gasteiger partial charge in [-0.25, -0.2) is 4.98 Å². The molecule has 0 spiro atoms. The van der Waals surface area contributed by atoms with Crippen LogP contribution in [0.2, 0.25) is 0 Å². The molecular weight excluding hydrogens is 404 g/mol. The van der Waals surface area contributed by atoms with E-state index in [0.29, 0.717) is 12.4 Å². The second-order valence-electron chi connectivity index (χ2n) is 8.05. The third-order valence-electron chi connectivity index (χ3n) is 5.90. The van der Waals surface area contributed by atoms with Crippen LogP contribution in [0.1, 0.15) is 32.1 Å². The molecule has 0 aliphatic rings. The number of fused-ring (bicyclic) bond motifs is 2. The first-order chi connectivity index (χ1) is 15.6. The van der Waals surface area contributed by atoms with Crippen molar-refractivity contribution < 1.29 is 14.3 Å². The van der Waals surface area contributed by atoms with E-state index in [1.54, 1.807) is 7.11 Å². The average Bonchev–Trinajstić information content (AvgIpc) is 3.43. The van der Waals surface area contributed by atoms with Crippen LogP contribution in [0.3, 0.4) is 0 Å². The van der Waals surface area contributed by atoms with Crippen molar-refractivity contribution in [1.29, 1.82) is 0 Å². The molecule has 0 aliphatic carbocycles. The van der Waals surface area contributed by atoms with Crippen LogP contribution in [-0.4, -0.2) is 40.8 Å². The van der Waals surface area contributed by atoms with Crippen LogP contribution in [0.25, 0.3) is 21.9 Å². The number of ether oxygens (including phenoxy) is 2. The fourth-order valence-electron chi connectivity index (χ4n) is 3.90. The molecule has 32 heavy (non-hydrogen) atoms. The van der Waals surface area contributed by atoms with Crippen molar-refractivity contribution in [2.75, 3.05) is 20.3 Å². The molecule has 2 aromatic heterocycles. The number of aromatic nitrogens is 3. The maximum Gasteiger partial charge on any atom is 0.258 e.